The maximum absolute atomic E-state index is 12.3. The molecule has 0 aromatic heterocycles. The normalized spacial score (nSPS) is 13.7. The lowest BCUT2D eigenvalue weighted by Crippen LogP contribution is -2.29. The molecule has 6 nitrogen and oxygen atoms in total. The Bertz CT molecular complexity index is 683. The van der Waals surface area contributed by atoms with Crippen molar-refractivity contribution in [3.8, 4) is 0 Å². The Morgan fingerprint density at radius 2 is 1.65 bits per heavy atom. The molecule has 0 saturated heterocycles. The van der Waals surface area contributed by atoms with E-state index in [4.69, 9.17) is 0 Å². The van der Waals surface area contributed by atoms with Crippen LogP contribution < -0.4 is 9.44 Å². The number of benzene rings is 1. The van der Waals surface area contributed by atoms with Crippen molar-refractivity contribution >= 4 is 25.7 Å². The van der Waals surface area contributed by atoms with Crippen LogP contribution in [0.25, 0.3) is 0 Å². The van der Waals surface area contributed by atoms with Crippen LogP contribution in [0.3, 0.4) is 0 Å². The average molecular weight is 363 g/mol. The summed E-state index contributed by atoms with van der Waals surface area (Å²) in [7, 11) is -6.95. The number of anilines is 1. The van der Waals surface area contributed by atoms with Crippen molar-refractivity contribution in [2.45, 2.75) is 44.4 Å². The van der Waals surface area contributed by atoms with E-state index in [0.29, 0.717) is 18.2 Å². The van der Waals surface area contributed by atoms with Crippen molar-refractivity contribution in [3.63, 3.8) is 0 Å². The first-order valence-electron chi connectivity index (χ1n) is 7.75. The molecular weight excluding hydrogens is 336 g/mol. The van der Waals surface area contributed by atoms with Crippen LogP contribution in [-0.4, -0.2) is 29.6 Å². The fraction of sp³-hybridized carbons (Fsp3) is 0.600. The molecule has 0 radical (unpaired) electrons. The van der Waals surface area contributed by atoms with E-state index in [0.717, 1.165) is 31.9 Å². The van der Waals surface area contributed by atoms with Crippen LogP contribution in [0.4, 0.5) is 5.69 Å². The van der Waals surface area contributed by atoms with Crippen molar-refractivity contribution in [1.29, 1.82) is 0 Å². The molecule has 1 aromatic carbocycles. The fourth-order valence-corrected chi connectivity index (χ4v) is 3.85. The quantitative estimate of drug-likeness (QED) is 0.669. The first kappa shape index (κ1) is 19.9. The SMILES string of the molecule is CCCCC(CC)CNS(=O)(=O)c1ccc(NS(C)(=O)=O)cc1. The molecule has 8 heteroatoms. The van der Waals surface area contributed by atoms with Gasteiger partial charge in [-0.2, -0.15) is 0 Å². The van der Waals surface area contributed by atoms with Crippen LogP contribution in [0.2, 0.25) is 0 Å². The van der Waals surface area contributed by atoms with Gasteiger partial charge in [0.15, 0.2) is 0 Å². The molecule has 0 aliphatic heterocycles. The molecule has 0 amide bonds. The van der Waals surface area contributed by atoms with E-state index in [2.05, 4.69) is 23.3 Å². The lowest BCUT2D eigenvalue weighted by molar-refractivity contribution is 0.444. The molecule has 0 spiro atoms. The van der Waals surface area contributed by atoms with Gasteiger partial charge >= 0.3 is 0 Å². The summed E-state index contributed by atoms with van der Waals surface area (Å²) in [5, 5.41) is 0. The van der Waals surface area contributed by atoms with E-state index in [1.165, 1.54) is 24.3 Å². The molecule has 1 unspecified atom stereocenters. The molecule has 0 saturated carbocycles. The zero-order valence-corrected chi connectivity index (χ0v) is 15.5. The molecule has 0 aliphatic carbocycles. The van der Waals surface area contributed by atoms with Crippen LogP contribution in [0.15, 0.2) is 29.2 Å². The molecule has 1 atom stereocenters. The molecular formula is C15H26N2O4S2. The highest BCUT2D eigenvalue weighted by atomic mass is 32.2. The van der Waals surface area contributed by atoms with Gasteiger partial charge in [-0.25, -0.2) is 21.6 Å². The highest BCUT2D eigenvalue weighted by Gasteiger charge is 2.16. The Morgan fingerprint density at radius 1 is 1.04 bits per heavy atom. The summed E-state index contributed by atoms with van der Waals surface area (Å²) < 4.78 is 51.8. The molecule has 2 N–H and O–H groups in total. The highest BCUT2D eigenvalue weighted by Crippen LogP contribution is 2.16. The van der Waals surface area contributed by atoms with E-state index < -0.39 is 20.0 Å². The minimum Gasteiger partial charge on any atom is -0.284 e. The van der Waals surface area contributed by atoms with Gasteiger partial charge in [-0.1, -0.05) is 33.1 Å². The third-order valence-corrected chi connectivity index (χ3v) is 5.62. The monoisotopic (exact) mass is 362 g/mol. The van der Waals surface area contributed by atoms with Crippen molar-refractivity contribution < 1.29 is 16.8 Å². The van der Waals surface area contributed by atoms with Crippen molar-refractivity contribution in [2.75, 3.05) is 17.5 Å². The van der Waals surface area contributed by atoms with Crippen molar-refractivity contribution in [2.24, 2.45) is 5.92 Å². The molecule has 0 bridgehead atoms. The van der Waals surface area contributed by atoms with Crippen molar-refractivity contribution in [3.05, 3.63) is 24.3 Å². The number of rotatable bonds is 10. The summed E-state index contributed by atoms with van der Waals surface area (Å²) in [6.07, 6.45) is 5.16. The molecule has 0 heterocycles. The average Bonchev–Trinajstić information content (AvgIpc) is 2.46. The minimum absolute atomic E-state index is 0.127. The van der Waals surface area contributed by atoms with Gasteiger partial charge in [-0.3, -0.25) is 4.72 Å². The van der Waals surface area contributed by atoms with E-state index in [9.17, 15) is 16.8 Å². The van der Waals surface area contributed by atoms with Crippen LogP contribution in [-0.2, 0) is 20.0 Å². The van der Waals surface area contributed by atoms with Crippen LogP contribution in [0.1, 0.15) is 39.5 Å². The zero-order valence-electron chi connectivity index (χ0n) is 13.9. The van der Waals surface area contributed by atoms with Gasteiger partial charge in [0.25, 0.3) is 0 Å². The third kappa shape index (κ3) is 7.32. The largest absolute Gasteiger partial charge is 0.284 e. The molecule has 0 fully saturated rings. The second-order valence-corrected chi connectivity index (χ2v) is 9.18. The summed E-state index contributed by atoms with van der Waals surface area (Å²) >= 11 is 0. The summed E-state index contributed by atoms with van der Waals surface area (Å²) in [4.78, 5) is 0.127. The summed E-state index contributed by atoms with van der Waals surface area (Å²) in [6.45, 7) is 4.59. The maximum atomic E-state index is 12.3. The summed E-state index contributed by atoms with van der Waals surface area (Å²) in [5.41, 5.74) is 0.334. The Hall–Kier alpha value is -1.12. The molecule has 0 aliphatic rings. The van der Waals surface area contributed by atoms with E-state index in [1.54, 1.807) is 0 Å². The highest BCUT2D eigenvalue weighted by molar-refractivity contribution is 7.92. The molecule has 23 heavy (non-hydrogen) atoms. The topological polar surface area (TPSA) is 92.3 Å². The van der Waals surface area contributed by atoms with Gasteiger partial charge in [0, 0.05) is 12.2 Å². The van der Waals surface area contributed by atoms with Crippen LogP contribution in [0.5, 0.6) is 0 Å². The van der Waals surface area contributed by atoms with Crippen LogP contribution >= 0.6 is 0 Å². The van der Waals surface area contributed by atoms with E-state index in [1.807, 2.05) is 0 Å². The van der Waals surface area contributed by atoms with Gasteiger partial charge < -0.3 is 0 Å². The van der Waals surface area contributed by atoms with Crippen molar-refractivity contribution in [1.82, 2.24) is 4.72 Å². The van der Waals surface area contributed by atoms with Gasteiger partial charge in [0.05, 0.1) is 11.2 Å². The number of unbranched alkanes of at least 4 members (excludes halogenated alkanes) is 1. The maximum Gasteiger partial charge on any atom is 0.240 e. The minimum atomic E-state index is -3.58. The van der Waals surface area contributed by atoms with Gasteiger partial charge in [0.1, 0.15) is 0 Å². The summed E-state index contributed by atoms with van der Waals surface area (Å²) in [6, 6.07) is 5.65. The van der Waals surface area contributed by atoms with E-state index in [-0.39, 0.29) is 4.90 Å². The fourth-order valence-electron chi connectivity index (χ4n) is 2.17. The summed E-state index contributed by atoms with van der Waals surface area (Å²) in [5.74, 6) is 0.330. The Labute approximate surface area is 139 Å². The molecule has 1 rings (SSSR count). The molecule has 132 valence electrons. The lowest BCUT2D eigenvalue weighted by Gasteiger charge is -2.15. The van der Waals surface area contributed by atoms with Gasteiger partial charge in [0.2, 0.25) is 20.0 Å². The Kier molecular flexibility index (Phi) is 7.50. The predicted octanol–water partition coefficient (Wildman–Crippen LogP) is 2.55. The van der Waals surface area contributed by atoms with Gasteiger partial charge in [-0.15, -0.1) is 0 Å². The first-order chi connectivity index (χ1) is 10.7. The Morgan fingerprint density at radius 3 is 2.13 bits per heavy atom. The number of nitrogens with one attached hydrogen (secondary N) is 2. The standard InChI is InChI=1S/C15H26N2O4S2/c1-4-6-7-13(5-2)12-16-23(20,21)15-10-8-14(9-11-15)17-22(3,18)19/h8-11,13,16-17H,4-7,12H2,1-3H3. The Balaban J connectivity index is 2.72. The second-order valence-electron chi connectivity index (χ2n) is 5.67. The predicted molar refractivity (Wildman–Crippen MR) is 93.4 cm³/mol. The second kappa shape index (κ2) is 8.65. The lowest BCUT2D eigenvalue weighted by atomic mass is 10.00. The number of hydrogen-bond donors (Lipinski definition) is 2. The number of sulfonamides is 2. The van der Waals surface area contributed by atoms with Gasteiger partial charge in [-0.05, 0) is 36.6 Å². The zero-order chi connectivity index (χ0) is 17.5. The van der Waals surface area contributed by atoms with E-state index >= 15 is 0 Å². The first-order valence-corrected chi connectivity index (χ1v) is 11.1. The third-order valence-electron chi connectivity index (χ3n) is 3.57. The molecule has 1 aromatic rings. The van der Waals surface area contributed by atoms with Crippen LogP contribution in [0, 0.1) is 5.92 Å². The smallest absolute Gasteiger partial charge is 0.240 e. The number of hydrogen-bond acceptors (Lipinski definition) is 4.